The summed E-state index contributed by atoms with van der Waals surface area (Å²) in [6.07, 6.45) is 0. The van der Waals surface area contributed by atoms with Crippen LogP contribution in [-0.4, -0.2) is 5.24 Å². The van der Waals surface area contributed by atoms with Gasteiger partial charge in [-0.25, -0.2) is 0 Å². The van der Waals surface area contributed by atoms with Gasteiger partial charge in [-0.1, -0.05) is 15.9 Å². The van der Waals surface area contributed by atoms with Crippen molar-refractivity contribution in [3.8, 4) is 0 Å². The Labute approximate surface area is 77.3 Å². The second-order valence-electron chi connectivity index (χ2n) is 1.88. The molecule has 0 saturated carbocycles. The molecule has 0 heterocycles. The van der Waals surface area contributed by atoms with Crippen molar-refractivity contribution in [2.24, 2.45) is 5.73 Å². The Kier molecular flexibility index (Phi) is 2.96. The van der Waals surface area contributed by atoms with E-state index in [1.807, 2.05) is 24.3 Å². The summed E-state index contributed by atoms with van der Waals surface area (Å²) in [7, 11) is 0. The van der Waals surface area contributed by atoms with Crippen LogP contribution in [0, 0.1) is 0 Å². The molecule has 0 aliphatic carbocycles. The summed E-state index contributed by atoms with van der Waals surface area (Å²) in [4.78, 5) is 11.3. The quantitative estimate of drug-likeness (QED) is 0.756. The van der Waals surface area contributed by atoms with E-state index in [1.165, 1.54) is 0 Å². The fourth-order valence-corrected chi connectivity index (χ4v) is 1.39. The largest absolute Gasteiger partial charge is 0.360 e. The number of primary amides is 1. The SMILES string of the molecule is NC(=O)Sc1ccc(Br)cc1. The summed E-state index contributed by atoms with van der Waals surface area (Å²) in [6.45, 7) is 0. The van der Waals surface area contributed by atoms with Crippen LogP contribution < -0.4 is 5.73 Å². The molecule has 11 heavy (non-hydrogen) atoms. The standard InChI is InChI=1S/C7H6BrNOS/c8-5-1-3-6(4-2-5)11-7(9)10/h1-4H,(H2,9,10). The van der Waals surface area contributed by atoms with E-state index < -0.39 is 0 Å². The zero-order chi connectivity index (χ0) is 8.27. The fraction of sp³-hybridized carbons (Fsp3) is 0. The van der Waals surface area contributed by atoms with Gasteiger partial charge >= 0.3 is 0 Å². The summed E-state index contributed by atoms with van der Waals surface area (Å²) < 4.78 is 0.992. The predicted molar refractivity (Wildman–Crippen MR) is 49.6 cm³/mol. The van der Waals surface area contributed by atoms with Crippen LogP contribution in [-0.2, 0) is 0 Å². The lowest BCUT2D eigenvalue weighted by molar-refractivity contribution is 0.267. The number of amides is 1. The van der Waals surface area contributed by atoms with Gasteiger partial charge in [0, 0.05) is 9.37 Å². The van der Waals surface area contributed by atoms with Gasteiger partial charge < -0.3 is 5.73 Å². The Morgan fingerprint density at radius 2 is 1.91 bits per heavy atom. The number of thioether (sulfide) groups is 1. The first kappa shape index (κ1) is 8.62. The van der Waals surface area contributed by atoms with Crippen LogP contribution in [0.1, 0.15) is 0 Å². The fourth-order valence-electron chi connectivity index (χ4n) is 0.619. The Balaban J connectivity index is 2.74. The zero-order valence-corrected chi connectivity index (χ0v) is 7.98. The molecule has 0 atom stereocenters. The number of carbonyl (C=O) groups is 1. The predicted octanol–water partition coefficient (Wildman–Crippen LogP) is 2.62. The van der Waals surface area contributed by atoms with Crippen LogP contribution in [0.3, 0.4) is 0 Å². The van der Waals surface area contributed by atoms with Crippen LogP contribution in [0.15, 0.2) is 33.6 Å². The molecule has 4 heteroatoms. The van der Waals surface area contributed by atoms with Gasteiger partial charge in [-0.2, -0.15) is 0 Å². The highest BCUT2D eigenvalue weighted by atomic mass is 79.9. The molecule has 0 bridgehead atoms. The van der Waals surface area contributed by atoms with E-state index in [4.69, 9.17) is 5.73 Å². The lowest BCUT2D eigenvalue weighted by Crippen LogP contribution is -2.01. The highest BCUT2D eigenvalue weighted by Gasteiger charge is 1.97. The van der Waals surface area contributed by atoms with Crippen molar-refractivity contribution >= 4 is 32.9 Å². The number of rotatable bonds is 1. The molecule has 0 aromatic heterocycles. The van der Waals surface area contributed by atoms with Gasteiger partial charge in [-0.3, -0.25) is 4.79 Å². The van der Waals surface area contributed by atoms with Crippen molar-refractivity contribution in [2.75, 3.05) is 0 Å². The average molecular weight is 232 g/mol. The van der Waals surface area contributed by atoms with E-state index in [1.54, 1.807) is 0 Å². The summed E-state index contributed by atoms with van der Waals surface area (Å²) >= 11 is 4.31. The van der Waals surface area contributed by atoms with Crippen molar-refractivity contribution in [2.45, 2.75) is 4.90 Å². The Bertz CT molecular complexity index is 260. The summed E-state index contributed by atoms with van der Waals surface area (Å²) in [5.41, 5.74) is 4.97. The number of hydrogen-bond donors (Lipinski definition) is 1. The van der Waals surface area contributed by atoms with E-state index in [-0.39, 0.29) is 5.24 Å². The third-order valence-electron chi connectivity index (χ3n) is 1.03. The molecule has 0 unspecified atom stereocenters. The van der Waals surface area contributed by atoms with Gasteiger partial charge in [0.2, 0.25) is 0 Å². The lowest BCUT2D eigenvalue weighted by atomic mass is 10.4. The van der Waals surface area contributed by atoms with Crippen LogP contribution in [0.5, 0.6) is 0 Å². The number of nitrogens with two attached hydrogens (primary N) is 1. The minimum Gasteiger partial charge on any atom is -0.360 e. The Hall–Kier alpha value is -0.480. The van der Waals surface area contributed by atoms with Crippen molar-refractivity contribution in [3.05, 3.63) is 28.7 Å². The molecule has 0 saturated heterocycles. The van der Waals surface area contributed by atoms with Gasteiger partial charge in [-0.05, 0) is 36.0 Å². The number of halogens is 1. The lowest BCUT2D eigenvalue weighted by Gasteiger charge is -1.95. The maximum Gasteiger partial charge on any atom is 0.281 e. The maximum atomic E-state index is 10.4. The minimum absolute atomic E-state index is 0.382. The number of hydrogen-bond acceptors (Lipinski definition) is 2. The molecule has 0 fully saturated rings. The van der Waals surface area contributed by atoms with Crippen molar-refractivity contribution < 1.29 is 4.79 Å². The molecule has 2 nitrogen and oxygen atoms in total. The van der Waals surface area contributed by atoms with E-state index >= 15 is 0 Å². The molecule has 0 aliphatic rings. The summed E-state index contributed by atoms with van der Waals surface area (Å²) in [5, 5.41) is -0.382. The minimum atomic E-state index is -0.382. The smallest absolute Gasteiger partial charge is 0.281 e. The van der Waals surface area contributed by atoms with Crippen LogP contribution in [0.2, 0.25) is 0 Å². The number of carbonyl (C=O) groups excluding carboxylic acids is 1. The van der Waals surface area contributed by atoms with Gasteiger partial charge in [0.1, 0.15) is 0 Å². The second-order valence-corrected chi connectivity index (χ2v) is 3.87. The van der Waals surface area contributed by atoms with E-state index in [2.05, 4.69) is 15.9 Å². The van der Waals surface area contributed by atoms with Crippen molar-refractivity contribution in [1.82, 2.24) is 0 Å². The van der Waals surface area contributed by atoms with Gasteiger partial charge in [-0.15, -0.1) is 0 Å². The molecule has 1 amide bonds. The van der Waals surface area contributed by atoms with Crippen LogP contribution in [0.25, 0.3) is 0 Å². The first-order valence-corrected chi connectivity index (χ1v) is 4.52. The van der Waals surface area contributed by atoms with Crippen molar-refractivity contribution in [3.63, 3.8) is 0 Å². The van der Waals surface area contributed by atoms with Crippen LogP contribution in [0.4, 0.5) is 4.79 Å². The van der Waals surface area contributed by atoms with Gasteiger partial charge in [0.25, 0.3) is 5.24 Å². The first-order chi connectivity index (χ1) is 5.18. The summed E-state index contributed by atoms with van der Waals surface area (Å²) in [5.74, 6) is 0. The monoisotopic (exact) mass is 231 g/mol. The zero-order valence-electron chi connectivity index (χ0n) is 5.58. The summed E-state index contributed by atoms with van der Waals surface area (Å²) in [6, 6.07) is 7.40. The van der Waals surface area contributed by atoms with Crippen LogP contribution >= 0.6 is 27.7 Å². The molecule has 2 N–H and O–H groups in total. The normalized spacial score (nSPS) is 9.55. The topological polar surface area (TPSA) is 43.1 Å². The van der Waals surface area contributed by atoms with E-state index in [0.717, 1.165) is 21.1 Å². The van der Waals surface area contributed by atoms with Gasteiger partial charge in [0.05, 0.1) is 0 Å². The first-order valence-electron chi connectivity index (χ1n) is 2.91. The molecular weight excluding hydrogens is 226 g/mol. The molecule has 1 aromatic carbocycles. The highest BCUT2D eigenvalue weighted by molar-refractivity contribution is 9.10. The molecule has 0 aliphatic heterocycles. The molecule has 1 rings (SSSR count). The average Bonchev–Trinajstić information content (AvgIpc) is 1.93. The van der Waals surface area contributed by atoms with Crippen molar-refractivity contribution in [1.29, 1.82) is 0 Å². The highest BCUT2D eigenvalue weighted by Crippen LogP contribution is 2.19. The third kappa shape index (κ3) is 2.95. The Morgan fingerprint density at radius 1 is 1.36 bits per heavy atom. The number of benzene rings is 1. The molecule has 58 valence electrons. The molecule has 0 radical (unpaired) electrons. The maximum absolute atomic E-state index is 10.4. The van der Waals surface area contributed by atoms with E-state index in [0.29, 0.717) is 0 Å². The molecular formula is C7H6BrNOS. The molecule has 0 spiro atoms. The second kappa shape index (κ2) is 3.78. The third-order valence-corrected chi connectivity index (χ3v) is 2.27. The van der Waals surface area contributed by atoms with Gasteiger partial charge in [0.15, 0.2) is 0 Å². The van der Waals surface area contributed by atoms with E-state index in [9.17, 15) is 4.79 Å². The molecule has 1 aromatic rings. The Morgan fingerprint density at radius 3 is 2.36 bits per heavy atom.